The Balaban J connectivity index is 4.22. The first-order chi connectivity index (χ1) is 5.83. The number of hydrogen-bond acceptors (Lipinski definition) is 9. The van der Waals surface area contributed by atoms with Gasteiger partial charge in [0.2, 0.25) is 0 Å². The van der Waals surface area contributed by atoms with E-state index in [-0.39, 0.29) is 0 Å². The molecule has 0 rings (SSSR count). The van der Waals surface area contributed by atoms with Crippen molar-refractivity contribution in [2.24, 2.45) is 0 Å². The third kappa shape index (κ3) is 6.55. The van der Waals surface area contributed by atoms with Crippen molar-refractivity contribution in [2.75, 3.05) is 0 Å². The molecule has 0 aliphatic rings. The maximum absolute atomic E-state index is 9.84. The van der Waals surface area contributed by atoms with Crippen molar-refractivity contribution >= 4 is 49.1 Å². The Kier molecular flexibility index (Phi) is 5.60. The van der Waals surface area contributed by atoms with E-state index < -0.39 is 49.1 Å². The Labute approximate surface area is 87.0 Å². The summed E-state index contributed by atoms with van der Waals surface area (Å²) in [7, 11) is -9.68. The summed E-state index contributed by atoms with van der Waals surface area (Å²) in [4.78, 5) is 34.8. The molecule has 0 aromatic carbocycles. The molecule has 0 aromatic rings. The molecule has 4 N–H and O–H groups in total. The van der Waals surface area contributed by atoms with Gasteiger partial charge in [0, 0.05) is 0 Å². The normalized spacial score (nSPS) is 11.4. The van der Waals surface area contributed by atoms with E-state index in [0.717, 1.165) is 0 Å². The molecule has 0 saturated heterocycles. The second kappa shape index (κ2) is 5.40. The van der Waals surface area contributed by atoms with Crippen LogP contribution in [0.1, 0.15) is 0 Å². The van der Waals surface area contributed by atoms with Crippen LogP contribution < -0.4 is 0 Å². The standard InChI is InChI=1S/2Al.H4O7Si2.2O/c;;1-8(2,3)7-9(4,5)6;;/h;;1-2,4-5H;;/q2*+1;-2;;. The molecule has 0 aromatic heterocycles. The fraction of sp³-hybridized carbons (Fsp3) is 0. The first-order valence-electron chi connectivity index (χ1n) is 2.65. The van der Waals surface area contributed by atoms with Gasteiger partial charge in [0.05, 0.1) is 0 Å². The molecule has 0 aliphatic carbocycles. The maximum atomic E-state index is 9.84. The van der Waals surface area contributed by atoms with Crippen LogP contribution in [-0.2, 0) is 18.7 Å². The van der Waals surface area contributed by atoms with Gasteiger partial charge in [-0.2, -0.15) is 0 Å². The van der Waals surface area contributed by atoms with Crippen LogP contribution in [-0.4, -0.2) is 68.3 Å². The van der Waals surface area contributed by atoms with Crippen LogP contribution in [0.5, 0.6) is 0 Å². The van der Waals surface area contributed by atoms with Crippen LogP contribution >= 0.6 is 0 Å². The first kappa shape index (κ1) is 13.5. The van der Waals surface area contributed by atoms with Crippen molar-refractivity contribution in [2.45, 2.75) is 0 Å². The summed E-state index contributed by atoms with van der Waals surface area (Å²) < 4.78 is 31.1. The molecule has 0 heterocycles. The van der Waals surface area contributed by atoms with Gasteiger partial charge in [0.25, 0.3) is 0 Å². The van der Waals surface area contributed by atoms with Gasteiger partial charge in [-0.15, -0.1) is 0 Å². The van der Waals surface area contributed by atoms with E-state index in [1.54, 1.807) is 0 Å². The first-order valence-corrected chi connectivity index (χ1v) is 7.96. The molecule has 72 valence electrons. The van der Waals surface area contributed by atoms with E-state index in [1.807, 2.05) is 0 Å². The third-order valence-electron chi connectivity index (χ3n) is 0.669. The number of hydrogen-bond donors (Lipinski definition) is 4. The summed E-state index contributed by atoms with van der Waals surface area (Å²) in [5.41, 5.74) is 0. The topological polar surface area (TPSA) is 143 Å². The van der Waals surface area contributed by atoms with Crippen molar-refractivity contribution in [1.82, 2.24) is 0 Å². The predicted octanol–water partition coefficient (Wildman–Crippen LogP) is -4.19. The third-order valence-corrected chi connectivity index (χ3v) is 6.02. The van der Waals surface area contributed by atoms with Gasteiger partial charge in [-0.25, -0.2) is 0 Å². The second-order valence-corrected chi connectivity index (χ2v) is 6.91. The van der Waals surface area contributed by atoms with Crippen LogP contribution in [0.15, 0.2) is 0 Å². The monoisotopic (exact) mass is 258 g/mol. The van der Waals surface area contributed by atoms with Crippen molar-refractivity contribution in [3.05, 3.63) is 0 Å². The molecule has 0 unspecified atom stereocenters. The Bertz CT molecular complexity index is 168. The molecule has 13 heteroatoms. The quantitative estimate of drug-likeness (QED) is 0.349. The van der Waals surface area contributed by atoms with Gasteiger partial charge in [0.15, 0.2) is 0 Å². The minimum absolute atomic E-state index is 1.98. The fourth-order valence-electron chi connectivity index (χ4n) is 0.347. The van der Waals surface area contributed by atoms with E-state index in [2.05, 4.69) is 11.1 Å². The average Bonchev–Trinajstić information content (AvgIpc) is 1.82. The van der Waals surface area contributed by atoms with Crippen LogP contribution in [0.2, 0.25) is 0 Å². The predicted molar refractivity (Wildman–Crippen MR) is 36.5 cm³/mol. The van der Waals surface area contributed by atoms with Gasteiger partial charge in [-0.3, -0.25) is 0 Å². The molecule has 0 atom stereocenters. The van der Waals surface area contributed by atoms with Crippen LogP contribution in [0.25, 0.3) is 0 Å². The molecular weight excluding hydrogens is 254 g/mol. The molecule has 0 fully saturated rings. The van der Waals surface area contributed by atoms with Crippen LogP contribution in [0, 0.1) is 0 Å². The summed E-state index contributed by atoms with van der Waals surface area (Å²) in [6.45, 7) is 0. The van der Waals surface area contributed by atoms with E-state index >= 15 is 0 Å². The number of rotatable bonds is 6. The molecule has 0 bridgehead atoms. The van der Waals surface area contributed by atoms with Gasteiger partial charge in [-0.1, -0.05) is 0 Å². The van der Waals surface area contributed by atoms with E-state index in [1.165, 1.54) is 0 Å². The molecule has 0 spiro atoms. The zero-order chi connectivity index (χ0) is 10.5. The Morgan fingerprint density at radius 3 is 1.38 bits per heavy atom. The zero-order valence-electron chi connectivity index (χ0n) is 5.98. The average molecular weight is 258 g/mol. The van der Waals surface area contributed by atoms with Crippen molar-refractivity contribution < 1.29 is 37.9 Å². The molecule has 0 aliphatic heterocycles. The van der Waals surface area contributed by atoms with E-state index in [4.69, 9.17) is 19.2 Å². The van der Waals surface area contributed by atoms with Gasteiger partial charge in [0.1, 0.15) is 0 Å². The van der Waals surface area contributed by atoms with Gasteiger partial charge < -0.3 is 0 Å². The summed E-state index contributed by atoms with van der Waals surface area (Å²) in [6, 6.07) is 0. The Morgan fingerprint density at radius 2 is 1.15 bits per heavy atom. The zero-order valence-corrected chi connectivity index (χ0v) is 10.3. The molecular formula is H4Al2O9Si2. The van der Waals surface area contributed by atoms with Gasteiger partial charge in [-0.05, 0) is 0 Å². The molecule has 9 nitrogen and oxygen atoms in total. The summed E-state index contributed by atoms with van der Waals surface area (Å²) >= 11 is -3.96. The fourth-order valence-corrected chi connectivity index (χ4v) is 3.99. The van der Waals surface area contributed by atoms with Crippen molar-refractivity contribution in [3.63, 3.8) is 0 Å². The van der Waals surface area contributed by atoms with Crippen molar-refractivity contribution in [3.8, 4) is 0 Å². The SMILES string of the molecule is [O]=[Al][O][Si](O)(O)O[Si](O)(O)[O][Al]=[O]. The molecule has 13 heavy (non-hydrogen) atoms. The Morgan fingerprint density at radius 1 is 0.846 bits per heavy atom. The van der Waals surface area contributed by atoms with E-state index in [9.17, 15) is 7.61 Å². The van der Waals surface area contributed by atoms with Gasteiger partial charge >= 0.3 is 86.9 Å². The summed E-state index contributed by atoms with van der Waals surface area (Å²) in [5, 5.41) is 0. The van der Waals surface area contributed by atoms with Crippen LogP contribution in [0.3, 0.4) is 0 Å². The molecule has 0 saturated carbocycles. The molecule has 0 radical (unpaired) electrons. The summed E-state index contributed by atoms with van der Waals surface area (Å²) in [6.07, 6.45) is 0. The summed E-state index contributed by atoms with van der Waals surface area (Å²) in [5.74, 6) is 0. The van der Waals surface area contributed by atoms with Crippen LogP contribution in [0.4, 0.5) is 0 Å². The minimum atomic E-state index is -4.84. The van der Waals surface area contributed by atoms with E-state index in [0.29, 0.717) is 0 Å². The Hall–Kier alpha value is 0.499. The second-order valence-electron chi connectivity index (χ2n) is 1.63. The van der Waals surface area contributed by atoms with Crippen molar-refractivity contribution in [1.29, 1.82) is 0 Å². The molecule has 0 amide bonds.